The quantitative estimate of drug-likeness (QED) is 0.375. The number of hydrogen-bond donors (Lipinski definition) is 1. The lowest BCUT2D eigenvalue weighted by molar-refractivity contribution is 0.369. The first kappa shape index (κ1) is 22.0. The lowest BCUT2D eigenvalue weighted by Crippen LogP contribution is -2.18. The monoisotopic (exact) mass is 311 g/mol. The summed E-state index contributed by atoms with van der Waals surface area (Å²) < 4.78 is 0. The highest BCUT2D eigenvalue weighted by Gasteiger charge is 2.09. The molecule has 0 aliphatic carbocycles. The molecule has 0 aromatic rings. The fourth-order valence-electron chi connectivity index (χ4n) is 3.55. The predicted molar refractivity (Wildman–Crippen MR) is 102 cm³/mol. The molecule has 0 amide bonds. The maximum atomic E-state index is 5.87. The van der Waals surface area contributed by atoms with Crippen molar-refractivity contribution in [2.45, 2.75) is 112 Å². The van der Waals surface area contributed by atoms with Crippen LogP contribution in [0, 0.1) is 23.7 Å². The molecule has 0 aromatic heterocycles. The summed E-state index contributed by atoms with van der Waals surface area (Å²) in [5.74, 6) is 3.51. The van der Waals surface area contributed by atoms with Gasteiger partial charge in [-0.3, -0.25) is 0 Å². The fraction of sp³-hybridized carbons (Fsp3) is 1.00. The molecule has 0 fully saturated rings. The van der Waals surface area contributed by atoms with E-state index < -0.39 is 0 Å². The Morgan fingerprint density at radius 1 is 0.545 bits per heavy atom. The van der Waals surface area contributed by atoms with E-state index in [0.29, 0.717) is 6.04 Å². The van der Waals surface area contributed by atoms with Crippen LogP contribution in [0.2, 0.25) is 0 Å². The van der Waals surface area contributed by atoms with Gasteiger partial charge in [-0.2, -0.15) is 0 Å². The van der Waals surface area contributed by atoms with E-state index in [1.54, 1.807) is 0 Å². The van der Waals surface area contributed by atoms with Gasteiger partial charge in [0, 0.05) is 6.04 Å². The highest BCUT2D eigenvalue weighted by atomic mass is 14.6. The Labute approximate surface area is 141 Å². The molecule has 0 heterocycles. The first-order chi connectivity index (χ1) is 10.3. The molecule has 4 unspecified atom stereocenters. The number of nitrogens with two attached hydrogens (primary N) is 1. The van der Waals surface area contributed by atoms with Crippen LogP contribution in [0.3, 0.4) is 0 Å². The molecule has 22 heavy (non-hydrogen) atoms. The summed E-state index contributed by atoms with van der Waals surface area (Å²) >= 11 is 0. The van der Waals surface area contributed by atoms with E-state index in [1.807, 2.05) is 0 Å². The molecule has 0 aliphatic rings. The van der Waals surface area contributed by atoms with Gasteiger partial charge in [0.25, 0.3) is 0 Å². The zero-order chi connectivity index (χ0) is 17.0. The zero-order valence-corrected chi connectivity index (χ0v) is 16.5. The second kappa shape index (κ2) is 13.4. The smallest absolute Gasteiger partial charge is 0.00130 e. The molecule has 134 valence electrons. The van der Waals surface area contributed by atoms with Crippen LogP contribution >= 0.6 is 0 Å². The molecule has 0 aromatic carbocycles. The zero-order valence-electron chi connectivity index (χ0n) is 16.5. The van der Waals surface area contributed by atoms with Crippen molar-refractivity contribution < 1.29 is 0 Å². The Morgan fingerprint density at radius 2 is 0.909 bits per heavy atom. The Hall–Kier alpha value is -0.0400. The van der Waals surface area contributed by atoms with Crippen LogP contribution in [0.1, 0.15) is 106 Å². The van der Waals surface area contributed by atoms with Crippen LogP contribution in [0.5, 0.6) is 0 Å². The summed E-state index contributed by atoms with van der Waals surface area (Å²) in [6.07, 6.45) is 13.9. The SMILES string of the molecule is CC(C)CCCC(C)CCCC(C)CCCC(C)CC(C)N. The number of hydrogen-bond acceptors (Lipinski definition) is 1. The molecule has 0 spiro atoms. The fourth-order valence-corrected chi connectivity index (χ4v) is 3.55. The maximum Gasteiger partial charge on any atom is 0.00130 e. The van der Waals surface area contributed by atoms with Crippen LogP contribution in [-0.2, 0) is 0 Å². The Morgan fingerprint density at radius 3 is 1.27 bits per heavy atom. The van der Waals surface area contributed by atoms with Gasteiger partial charge in [-0.1, -0.05) is 92.4 Å². The second-order valence-electron chi connectivity index (χ2n) is 8.72. The highest BCUT2D eigenvalue weighted by molar-refractivity contribution is 4.63. The Kier molecular flexibility index (Phi) is 13.4. The molecule has 1 nitrogen and oxygen atoms in total. The lowest BCUT2D eigenvalue weighted by atomic mass is 9.90. The molecular formula is C21H45N. The summed E-state index contributed by atoms with van der Waals surface area (Å²) in [5.41, 5.74) is 5.87. The standard InChI is InChI=1S/C21H45N/c1-17(2)10-7-11-18(3)12-8-13-19(4)14-9-15-20(5)16-21(6)22/h17-21H,7-16,22H2,1-6H3. The van der Waals surface area contributed by atoms with Crippen LogP contribution in [-0.4, -0.2) is 6.04 Å². The molecule has 0 bridgehead atoms. The van der Waals surface area contributed by atoms with Gasteiger partial charge in [0.05, 0.1) is 0 Å². The van der Waals surface area contributed by atoms with Crippen molar-refractivity contribution in [2.24, 2.45) is 29.4 Å². The minimum atomic E-state index is 0.365. The van der Waals surface area contributed by atoms with Gasteiger partial charge in [-0.15, -0.1) is 0 Å². The van der Waals surface area contributed by atoms with Crippen LogP contribution in [0.25, 0.3) is 0 Å². The largest absolute Gasteiger partial charge is 0.328 e. The first-order valence-electron chi connectivity index (χ1n) is 10.1. The van der Waals surface area contributed by atoms with E-state index in [9.17, 15) is 0 Å². The molecular weight excluding hydrogens is 266 g/mol. The molecule has 4 atom stereocenters. The summed E-state index contributed by atoms with van der Waals surface area (Å²) in [6.45, 7) is 14.0. The van der Waals surface area contributed by atoms with Gasteiger partial charge in [0.1, 0.15) is 0 Å². The summed E-state index contributed by atoms with van der Waals surface area (Å²) in [6, 6.07) is 0.365. The van der Waals surface area contributed by atoms with Crippen LogP contribution in [0.15, 0.2) is 0 Å². The van der Waals surface area contributed by atoms with Crippen LogP contribution < -0.4 is 5.73 Å². The van der Waals surface area contributed by atoms with Crippen molar-refractivity contribution in [3.63, 3.8) is 0 Å². The Bertz CT molecular complexity index is 234. The average molecular weight is 312 g/mol. The second-order valence-corrected chi connectivity index (χ2v) is 8.72. The average Bonchev–Trinajstić information content (AvgIpc) is 2.37. The molecule has 0 rings (SSSR count). The van der Waals surface area contributed by atoms with Crippen molar-refractivity contribution in [3.05, 3.63) is 0 Å². The normalized spacial score (nSPS) is 17.5. The van der Waals surface area contributed by atoms with E-state index in [0.717, 1.165) is 23.7 Å². The minimum Gasteiger partial charge on any atom is -0.328 e. The van der Waals surface area contributed by atoms with E-state index in [4.69, 9.17) is 5.73 Å². The molecule has 2 N–H and O–H groups in total. The summed E-state index contributed by atoms with van der Waals surface area (Å²) in [7, 11) is 0. The van der Waals surface area contributed by atoms with Gasteiger partial charge in [0.15, 0.2) is 0 Å². The molecule has 0 aliphatic heterocycles. The van der Waals surface area contributed by atoms with E-state index >= 15 is 0 Å². The van der Waals surface area contributed by atoms with E-state index in [-0.39, 0.29) is 0 Å². The van der Waals surface area contributed by atoms with Crippen molar-refractivity contribution in [2.75, 3.05) is 0 Å². The third-order valence-corrected chi connectivity index (χ3v) is 5.04. The van der Waals surface area contributed by atoms with Crippen LogP contribution in [0.4, 0.5) is 0 Å². The topological polar surface area (TPSA) is 26.0 Å². The van der Waals surface area contributed by atoms with E-state index in [1.165, 1.54) is 64.2 Å². The van der Waals surface area contributed by atoms with Crippen molar-refractivity contribution in [3.8, 4) is 0 Å². The van der Waals surface area contributed by atoms with Crippen molar-refractivity contribution in [1.82, 2.24) is 0 Å². The van der Waals surface area contributed by atoms with Gasteiger partial charge in [0.2, 0.25) is 0 Å². The van der Waals surface area contributed by atoms with Crippen molar-refractivity contribution >= 4 is 0 Å². The lowest BCUT2D eigenvalue weighted by Gasteiger charge is -2.17. The van der Waals surface area contributed by atoms with Crippen molar-refractivity contribution in [1.29, 1.82) is 0 Å². The molecule has 0 radical (unpaired) electrons. The third kappa shape index (κ3) is 14.9. The van der Waals surface area contributed by atoms with Gasteiger partial charge in [-0.05, 0) is 37.0 Å². The minimum absolute atomic E-state index is 0.365. The number of rotatable bonds is 14. The summed E-state index contributed by atoms with van der Waals surface area (Å²) in [5, 5.41) is 0. The Balaban J connectivity index is 3.50. The van der Waals surface area contributed by atoms with Gasteiger partial charge >= 0.3 is 0 Å². The third-order valence-electron chi connectivity index (χ3n) is 5.04. The molecule has 0 saturated carbocycles. The molecule has 1 heteroatoms. The molecule has 0 saturated heterocycles. The highest BCUT2D eigenvalue weighted by Crippen LogP contribution is 2.22. The van der Waals surface area contributed by atoms with E-state index in [2.05, 4.69) is 41.5 Å². The summed E-state index contributed by atoms with van der Waals surface area (Å²) in [4.78, 5) is 0. The van der Waals surface area contributed by atoms with Gasteiger partial charge in [-0.25, -0.2) is 0 Å². The predicted octanol–water partition coefficient (Wildman–Crippen LogP) is 6.80. The first-order valence-corrected chi connectivity index (χ1v) is 10.1. The maximum absolute atomic E-state index is 5.87. The van der Waals surface area contributed by atoms with Gasteiger partial charge < -0.3 is 5.73 Å².